The highest BCUT2D eigenvalue weighted by molar-refractivity contribution is 6.04. The Kier molecular flexibility index (Phi) is 5.02. The van der Waals surface area contributed by atoms with E-state index in [4.69, 9.17) is 0 Å². The first-order valence-corrected chi connectivity index (χ1v) is 9.24. The van der Waals surface area contributed by atoms with Crippen molar-refractivity contribution in [3.63, 3.8) is 0 Å². The summed E-state index contributed by atoms with van der Waals surface area (Å²) in [4.78, 5) is 12.7. The standard InChI is InChI=1S/C24H21N3O/c1-18-16-25-27(17-18)22-13-11-20(12-14-22)24(28)26-23-10-6-5-9-21(23)15-19-7-3-2-4-8-19/h2-14,16-17H,15H2,1H3,(H,26,28). The molecule has 0 bridgehead atoms. The zero-order valence-corrected chi connectivity index (χ0v) is 15.7. The number of aryl methyl sites for hydroxylation is 1. The second-order valence-electron chi connectivity index (χ2n) is 6.78. The summed E-state index contributed by atoms with van der Waals surface area (Å²) in [5.74, 6) is -0.122. The molecule has 0 aliphatic carbocycles. The van der Waals surface area contributed by atoms with E-state index < -0.39 is 0 Å². The number of carbonyl (C=O) groups is 1. The summed E-state index contributed by atoms with van der Waals surface area (Å²) in [6, 6.07) is 25.6. The van der Waals surface area contributed by atoms with Gasteiger partial charge in [0.15, 0.2) is 0 Å². The van der Waals surface area contributed by atoms with Gasteiger partial charge in [0, 0.05) is 17.4 Å². The molecule has 0 aliphatic rings. The van der Waals surface area contributed by atoms with Crippen molar-refractivity contribution in [2.45, 2.75) is 13.3 Å². The summed E-state index contributed by atoms with van der Waals surface area (Å²) < 4.78 is 1.80. The molecule has 4 rings (SSSR count). The molecule has 138 valence electrons. The molecule has 28 heavy (non-hydrogen) atoms. The van der Waals surface area contributed by atoms with Crippen molar-refractivity contribution in [3.05, 3.63) is 114 Å². The minimum Gasteiger partial charge on any atom is -0.322 e. The molecule has 1 aromatic heterocycles. The number of aromatic nitrogens is 2. The third kappa shape index (κ3) is 4.01. The largest absolute Gasteiger partial charge is 0.322 e. The van der Waals surface area contributed by atoms with Crippen LogP contribution in [0.15, 0.2) is 91.3 Å². The molecule has 0 aliphatic heterocycles. The topological polar surface area (TPSA) is 46.9 Å². The summed E-state index contributed by atoms with van der Waals surface area (Å²) in [5.41, 5.74) is 5.77. The average molecular weight is 367 g/mol. The van der Waals surface area contributed by atoms with Crippen LogP contribution >= 0.6 is 0 Å². The molecule has 0 fully saturated rings. The minimum atomic E-state index is -0.122. The first-order valence-electron chi connectivity index (χ1n) is 9.24. The molecule has 4 aromatic rings. The van der Waals surface area contributed by atoms with Gasteiger partial charge in [-0.05, 0) is 60.4 Å². The van der Waals surface area contributed by atoms with Crippen LogP contribution in [0.3, 0.4) is 0 Å². The van der Waals surface area contributed by atoms with Gasteiger partial charge < -0.3 is 5.32 Å². The lowest BCUT2D eigenvalue weighted by Gasteiger charge is -2.12. The third-order valence-electron chi connectivity index (χ3n) is 4.61. The first-order chi connectivity index (χ1) is 13.7. The smallest absolute Gasteiger partial charge is 0.255 e. The van der Waals surface area contributed by atoms with Gasteiger partial charge in [-0.15, -0.1) is 0 Å². The maximum atomic E-state index is 12.7. The normalized spacial score (nSPS) is 10.6. The lowest BCUT2D eigenvalue weighted by atomic mass is 10.0. The lowest BCUT2D eigenvalue weighted by molar-refractivity contribution is 0.102. The van der Waals surface area contributed by atoms with Crippen LogP contribution in [0.25, 0.3) is 5.69 Å². The maximum Gasteiger partial charge on any atom is 0.255 e. The Morgan fingerprint density at radius 2 is 1.64 bits per heavy atom. The van der Waals surface area contributed by atoms with E-state index in [2.05, 4.69) is 22.5 Å². The van der Waals surface area contributed by atoms with E-state index in [1.807, 2.05) is 86.0 Å². The summed E-state index contributed by atoms with van der Waals surface area (Å²) in [7, 11) is 0. The summed E-state index contributed by atoms with van der Waals surface area (Å²) >= 11 is 0. The number of hydrogen-bond acceptors (Lipinski definition) is 2. The summed E-state index contributed by atoms with van der Waals surface area (Å²) in [6.07, 6.45) is 4.54. The third-order valence-corrected chi connectivity index (χ3v) is 4.61. The van der Waals surface area contributed by atoms with Crippen LogP contribution in [0.5, 0.6) is 0 Å². The van der Waals surface area contributed by atoms with Crippen LogP contribution in [-0.2, 0) is 6.42 Å². The average Bonchev–Trinajstić information content (AvgIpc) is 3.17. The molecule has 0 spiro atoms. The van der Waals surface area contributed by atoms with Crippen molar-refractivity contribution in [3.8, 4) is 5.69 Å². The number of carbonyl (C=O) groups excluding carboxylic acids is 1. The molecule has 0 saturated carbocycles. The second-order valence-corrected chi connectivity index (χ2v) is 6.78. The van der Waals surface area contributed by atoms with Crippen LogP contribution < -0.4 is 5.32 Å². The molecule has 0 saturated heterocycles. The SMILES string of the molecule is Cc1cnn(-c2ccc(C(=O)Nc3ccccc3Cc3ccccc3)cc2)c1. The highest BCUT2D eigenvalue weighted by Crippen LogP contribution is 2.20. The Morgan fingerprint density at radius 3 is 2.36 bits per heavy atom. The number of para-hydroxylation sites is 1. The Bertz CT molecular complexity index is 1080. The van der Waals surface area contributed by atoms with Gasteiger partial charge in [0.25, 0.3) is 5.91 Å². The Labute approximate surface area is 164 Å². The van der Waals surface area contributed by atoms with Crippen molar-refractivity contribution in [2.75, 3.05) is 5.32 Å². The molecule has 3 aromatic carbocycles. The van der Waals surface area contributed by atoms with E-state index in [1.165, 1.54) is 5.56 Å². The first kappa shape index (κ1) is 17.7. The van der Waals surface area contributed by atoms with E-state index in [0.29, 0.717) is 5.56 Å². The number of rotatable bonds is 5. The van der Waals surface area contributed by atoms with Gasteiger partial charge in [0.1, 0.15) is 0 Å². The molecule has 0 atom stereocenters. The van der Waals surface area contributed by atoms with Gasteiger partial charge in [-0.1, -0.05) is 48.5 Å². The zero-order valence-electron chi connectivity index (χ0n) is 15.7. The number of benzene rings is 3. The van der Waals surface area contributed by atoms with Crippen LogP contribution in [0, 0.1) is 6.92 Å². The van der Waals surface area contributed by atoms with Gasteiger partial charge in [-0.25, -0.2) is 4.68 Å². The molecule has 4 nitrogen and oxygen atoms in total. The number of nitrogens with one attached hydrogen (secondary N) is 1. The number of anilines is 1. The summed E-state index contributed by atoms with van der Waals surface area (Å²) in [6.45, 7) is 2.00. The van der Waals surface area contributed by atoms with E-state index in [9.17, 15) is 4.79 Å². The number of nitrogens with zero attached hydrogens (tertiary/aromatic N) is 2. The van der Waals surface area contributed by atoms with Crippen LogP contribution in [0.2, 0.25) is 0 Å². The minimum absolute atomic E-state index is 0.122. The van der Waals surface area contributed by atoms with E-state index in [0.717, 1.165) is 28.9 Å². The van der Waals surface area contributed by atoms with Crippen molar-refractivity contribution in [2.24, 2.45) is 0 Å². The number of amides is 1. The zero-order chi connectivity index (χ0) is 19.3. The predicted molar refractivity (Wildman–Crippen MR) is 112 cm³/mol. The monoisotopic (exact) mass is 367 g/mol. The fourth-order valence-corrected chi connectivity index (χ4v) is 3.13. The van der Waals surface area contributed by atoms with Gasteiger partial charge >= 0.3 is 0 Å². The van der Waals surface area contributed by atoms with Gasteiger partial charge in [0.2, 0.25) is 0 Å². The van der Waals surface area contributed by atoms with Crippen LogP contribution in [-0.4, -0.2) is 15.7 Å². The molecule has 1 amide bonds. The van der Waals surface area contributed by atoms with Crippen molar-refractivity contribution < 1.29 is 4.79 Å². The molecule has 4 heteroatoms. The highest BCUT2D eigenvalue weighted by atomic mass is 16.1. The molecular weight excluding hydrogens is 346 g/mol. The fourth-order valence-electron chi connectivity index (χ4n) is 3.13. The molecular formula is C24H21N3O. The van der Waals surface area contributed by atoms with E-state index in [1.54, 1.807) is 4.68 Å². The van der Waals surface area contributed by atoms with Crippen molar-refractivity contribution in [1.82, 2.24) is 9.78 Å². The van der Waals surface area contributed by atoms with E-state index >= 15 is 0 Å². The number of hydrogen-bond donors (Lipinski definition) is 1. The van der Waals surface area contributed by atoms with Crippen LogP contribution in [0.1, 0.15) is 27.0 Å². The summed E-state index contributed by atoms with van der Waals surface area (Å²) in [5, 5.41) is 7.34. The lowest BCUT2D eigenvalue weighted by Crippen LogP contribution is -2.13. The van der Waals surface area contributed by atoms with Crippen molar-refractivity contribution in [1.29, 1.82) is 0 Å². The van der Waals surface area contributed by atoms with Gasteiger partial charge in [0.05, 0.1) is 11.9 Å². The maximum absolute atomic E-state index is 12.7. The second kappa shape index (κ2) is 7.92. The van der Waals surface area contributed by atoms with Gasteiger partial charge in [-0.3, -0.25) is 4.79 Å². The quantitative estimate of drug-likeness (QED) is 0.538. The Hall–Kier alpha value is -3.66. The van der Waals surface area contributed by atoms with E-state index in [-0.39, 0.29) is 5.91 Å². The van der Waals surface area contributed by atoms with Gasteiger partial charge in [-0.2, -0.15) is 5.10 Å². The Morgan fingerprint density at radius 1 is 0.929 bits per heavy atom. The highest BCUT2D eigenvalue weighted by Gasteiger charge is 2.10. The van der Waals surface area contributed by atoms with Crippen molar-refractivity contribution >= 4 is 11.6 Å². The van der Waals surface area contributed by atoms with Crippen LogP contribution in [0.4, 0.5) is 5.69 Å². The molecule has 0 radical (unpaired) electrons. The predicted octanol–water partition coefficient (Wildman–Crippen LogP) is 5.02. The molecule has 1 heterocycles. The molecule has 0 unspecified atom stereocenters. The molecule has 1 N–H and O–H groups in total. The Balaban J connectivity index is 1.51. The fraction of sp³-hybridized carbons (Fsp3) is 0.0833.